The fraction of sp³-hybridized carbons (Fsp3) is 0.211. The van der Waals surface area contributed by atoms with Crippen LogP contribution in [0.3, 0.4) is 0 Å². The summed E-state index contributed by atoms with van der Waals surface area (Å²) in [6, 6.07) is 12.8. The highest BCUT2D eigenvalue weighted by Gasteiger charge is 2.38. The molecular formula is C19H17FN4. The van der Waals surface area contributed by atoms with Crippen LogP contribution in [0.5, 0.6) is 0 Å². The molecule has 5 heteroatoms. The molecule has 0 unspecified atom stereocenters. The molecule has 24 heavy (non-hydrogen) atoms. The predicted molar refractivity (Wildman–Crippen MR) is 91.2 cm³/mol. The van der Waals surface area contributed by atoms with Crippen LogP contribution in [-0.2, 0) is 0 Å². The van der Waals surface area contributed by atoms with Gasteiger partial charge in [-0.05, 0) is 43.2 Å². The van der Waals surface area contributed by atoms with Crippen LogP contribution in [-0.4, -0.2) is 21.0 Å². The third kappa shape index (κ3) is 3.11. The minimum absolute atomic E-state index is 0.185. The van der Waals surface area contributed by atoms with Gasteiger partial charge in [0, 0.05) is 41.7 Å². The van der Waals surface area contributed by atoms with Crippen molar-refractivity contribution in [2.75, 3.05) is 5.32 Å². The Balaban J connectivity index is 1.53. The minimum atomic E-state index is -0.185. The van der Waals surface area contributed by atoms with Crippen LogP contribution in [0.15, 0.2) is 54.9 Å². The Bertz CT molecular complexity index is 866. The summed E-state index contributed by atoms with van der Waals surface area (Å²) >= 11 is 0. The molecule has 1 aliphatic rings. The van der Waals surface area contributed by atoms with Gasteiger partial charge in [0.1, 0.15) is 11.6 Å². The highest BCUT2D eigenvalue weighted by atomic mass is 19.1. The van der Waals surface area contributed by atoms with E-state index in [1.807, 2.05) is 31.2 Å². The molecule has 4 rings (SSSR count). The average molecular weight is 320 g/mol. The summed E-state index contributed by atoms with van der Waals surface area (Å²) in [7, 11) is 0. The zero-order valence-corrected chi connectivity index (χ0v) is 13.3. The van der Waals surface area contributed by atoms with Gasteiger partial charge in [-0.1, -0.05) is 12.1 Å². The van der Waals surface area contributed by atoms with Crippen LogP contribution < -0.4 is 5.32 Å². The van der Waals surface area contributed by atoms with Crippen LogP contribution in [0.1, 0.15) is 23.6 Å². The maximum absolute atomic E-state index is 13.4. The lowest BCUT2D eigenvalue weighted by Gasteiger charge is -2.08. The van der Waals surface area contributed by atoms with E-state index in [9.17, 15) is 4.39 Å². The van der Waals surface area contributed by atoms with E-state index in [4.69, 9.17) is 0 Å². The Morgan fingerprint density at radius 1 is 1.12 bits per heavy atom. The Morgan fingerprint density at radius 2 is 2.04 bits per heavy atom. The number of halogens is 1. The van der Waals surface area contributed by atoms with Crippen molar-refractivity contribution in [2.45, 2.75) is 25.3 Å². The number of nitrogens with one attached hydrogen (secondary N) is 1. The van der Waals surface area contributed by atoms with Crippen LogP contribution >= 0.6 is 0 Å². The Hall–Kier alpha value is -2.82. The molecule has 1 aromatic carbocycles. The van der Waals surface area contributed by atoms with E-state index in [1.165, 1.54) is 6.07 Å². The molecule has 2 aromatic heterocycles. The summed E-state index contributed by atoms with van der Waals surface area (Å²) in [5.74, 6) is 1.60. The Kier molecular flexibility index (Phi) is 3.69. The first-order valence-electron chi connectivity index (χ1n) is 7.97. The molecule has 3 aromatic rings. The quantitative estimate of drug-likeness (QED) is 0.791. The summed E-state index contributed by atoms with van der Waals surface area (Å²) < 4.78 is 13.4. The van der Waals surface area contributed by atoms with Crippen LogP contribution in [0.2, 0.25) is 0 Å². The fourth-order valence-electron chi connectivity index (χ4n) is 2.92. The Labute approximate surface area is 139 Å². The third-order valence-electron chi connectivity index (χ3n) is 4.17. The number of rotatable bonds is 4. The van der Waals surface area contributed by atoms with E-state index in [0.29, 0.717) is 11.7 Å². The van der Waals surface area contributed by atoms with Crippen molar-refractivity contribution >= 4 is 5.82 Å². The van der Waals surface area contributed by atoms with E-state index >= 15 is 0 Å². The zero-order valence-electron chi connectivity index (χ0n) is 13.3. The summed E-state index contributed by atoms with van der Waals surface area (Å²) in [5.41, 5.74) is 2.82. The van der Waals surface area contributed by atoms with E-state index < -0.39 is 0 Å². The largest absolute Gasteiger partial charge is 0.367 e. The molecule has 1 aliphatic carbocycles. The second-order valence-electron chi connectivity index (χ2n) is 6.11. The van der Waals surface area contributed by atoms with Gasteiger partial charge < -0.3 is 5.32 Å². The number of hydrogen-bond donors (Lipinski definition) is 1. The van der Waals surface area contributed by atoms with Crippen LogP contribution in [0.25, 0.3) is 11.4 Å². The number of aryl methyl sites for hydroxylation is 1. The molecule has 2 heterocycles. The molecule has 0 bridgehead atoms. The van der Waals surface area contributed by atoms with Crippen molar-refractivity contribution in [3.05, 3.63) is 71.9 Å². The molecule has 0 radical (unpaired) electrons. The summed E-state index contributed by atoms with van der Waals surface area (Å²) in [6.07, 6.45) is 4.46. The molecule has 1 saturated carbocycles. The lowest BCUT2D eigenvalue weighted by molar-refractivity contribution is 0.625. The normalized spacial score (nSPS) is 19.1. The molecular weight excluding hydrogens is 303 g/mol. The molecule has 0 amide bonds. The Morgan fingerprint density at radius 3 is 2.83 bits per heavy atom. The highest BCUT2D eigenvalue weighted by molar-refractivity contribution is 5.56. The average Bonchev–Trinajstić information content (AvgIpc) is 3.34. The standard InChI is InChI=1S/C19H17FN4/c1-12-8-18(24-19(22-12)14-5-3-7-21-11-14)23-17-10-16(17)13-4-2-6-15(20)9-13/h2-9,11,16-17H,10H2,1H3,(H,22,23,24)/t16-,17+/m0/s1. The van der Waals surface area contributed by atoms with Gasteiger partial charge in [0.15, 0.2) is 5.82 Å². The number of nitrogens with zero attached hydrogens (tertiary/aromatic N) is 3. The van der Waals surface area contributed by atoms with Gasteiger partial charge in [-0.25, -0.2) is 14.4 Å². The topological polar surface area (TPSA) is 50.7 Å². The van der Waals surface area contributed by atoms with E-state index in [2.05, 4.69) is 20.3 Å². The summed E-state index contributed by atoms with van der Waals surface area (Å²) in [5, 5.41) is 3.44. The molecule has 4 nitrogen and oxygen atoms in total. The van der Waals surface area contributed by atoms with Crippen molar-refractivity contribution in [1.29, 1.82) is 0 Å². The second kappa shape index (κ2) is 6.00. The van der Waals surface area contributed by atoms with Crippen LogP contribution in [0, 0.1) is 12.7 Å². The maximum Gasteiger partial charge on any atom is 0.163 e. The first-order valence-corrected chi connectivity index (χ1v) is 7.97. The molecule has 2 atom stereocenters. The third-order valence-corrected chi connectivity index (χ3v) is 4.17. The van der Waals surface area contributed by atoms with Crippen molar-refractivity contribution < 1.29 is 4.39 Å². The smallest absolute Gasteiger partial charge is 0.163 e. The van der Waals surface area contributed by atoms with Crippen molar-refractivity contribution in [3.8, 4) is 11.4 Å². The number of benzene rings is 1. The van der Waals surface area contributed by atoms with Crippen molar-refractivity contribution in [2.24, 2.45) is 0 Å². The molecule has 1 N–H and O–H groups in total. The lowest BCUT2D eigenvalue weighted by atomic mass is 10.1. The number of anilines is 1. The highest BCUT2D eigenvalue weighted by Crippen LogP contribution is 2.42. The van der Waals surface area contributed by atoms with Crippen molar-refractivity contribution in [3.63, 3.8) is 0 Å². The minimum Gasteiger partial charge on any atom is -0.367 e. The van der Waals surface area contributed by atoms with Gasteiger partial charge in [0.2, 0.25) is 0 Å². The van der Waals surface area contributed by atoms with Crippen LogP contribution in [0.4, 0.5) is 10.2 Å². The molecule has 0 aliphatic heterocycles. The number of aromatic nitrogens is 3. The van der Waals surface area contributed by atoms with E-state index in [0.717, 1.165) is 29.1 Å². The monoisotopic (exact) mass is 320 g/mol. The van der Waals surface area contributed by atoms with Gasteiger partial charge in [-0.15, -0.1) is 0 Å². The predicted octanol–water partition coefficient (Wildman–Crippen LogP) is 3.95. The van der Waals surface area contributed by atoms with Gasteiger partial charge in [0.05, 0.1) is 0 Å². The lowest BCUT2D eigenvalue weighted by Crippen LogP contribution is -2.07. The van der Waals surface area contributed by atoms with Gasteiger partial charge >= 0.3 is 0 Å². The van der Waals surface area contributed by atoms with Gasteiger partial charge in [-0.3, -0.25) is 4.98 Å². The SMILES string of the molecule is Cc1cc(N[C@@H]2C[C@H]2c2cccc(F)c2)nc(-c2cccnc2)n1. The summed E-state index contributed by atoms with van der Waals surface area (Å²) in [6.45, 7) is 1.95. The zero-order chi connectivity index (χ0) is 16.5. The van der Waals surface area contributed by atoms with Gasteiger partial charge in [-0.2, -0.15) is 0 Å². The number of pyridine rings is 1. The van der Waals surface area contributed by atoms with E-state index in [1.54, 1.807) is 24.5 Å². The molecule has 1 fully saturated rings. The first-order chi connectivity index (χ1) is 11.7. The summed E-state index contributed by atoms with van der Waals surface area (Å²) in [4.78, 5) is 13.2. The first kappa shape index (κ1) is 14.8. The molecule has 0 saturated heterocycles. The number of hydrogen-bond acceptors (Lipinski definition) is 4. The fourth-order valence-corrected chi connectivity index (χ4v) is 2.92. The van der Waals surface area contributed by atoms with Crippen molar-refractivity contribution in [1.82, 2.24) is 15.0 Å². The second-order valence-corrected chi connectivity index (χ2v) is 6.11. The van der Waals surface area contributed by atoms with Gasteiger partial charge in [0.25, 0.3) is 0 Å². The van der Waals surface area contributed by atoms with E-state index in [-0.39, 0.29) is 11.9 Å². The molecule has 120 valence electrons. The maximum atomic E-state index is 13.4. The molecule has 0 spiro atoms.